The van der Waals surface area contributed by atoms with Crippen molar-refractivity contribution in [3.63, 3.8) is 0 Å². The molecule has 0 N–H and O–H groups in total. The first kappa shape index (κ1) is 11.3. The summed E-state index contributed by atoms with van der Waals surface area (Å²) in [5.74, 6) is 1.34. The van der Waals surface area contributed by atoms with Crippen molar-refractivity contribution in [1.82, 2.24) is 0 Å². The molecule has 15 heavy (non-hydrogen) atoms. The maximum absolute atomic E-state index is 10.3. The lowest BCUT2D eigenvalue weighted by molar-refractivity contribution is -0.104. The zero-order valence-corrected chi connectivity index (χ0v) is 9.11. The monoisotopic (exact) mass is 206 g/mol. The molecular formula is C12H14O3. The van der Waals surface area contributed by atoms with Crippen molar-refractivity contribution in [3.05, 3.63) is 29.8 Å². The molecule has 0 heterocycles. The third-order valence-corrected chi connectivity index (χ3v) is 2.16. The highest BCUT2D eigenvalue weighted by Gasteiger charge is 2.04. The first-order valence-electron chi connectivity index (χ1n) is 4.57. The Balaban J connectivity index is 3.13. The quantitative estimate of drug-likeness (QED) is 0.560. The van der Waals surface area contributed by atoms with Crippen molar-refractivity contribution < 1.29 is 14.3 Å². The van der Waals surface area contributed by atoms with Crippen LogP contribution in [0.3, 0.4) is 0 Å². The Labute approximate surface area is 89.3 Å². The average Bonchev–Trinajstić information content (AvgIpc) is 2.28. The minimum atomic E-state index is 0.661. The Kier molecular flexibility index (Phi) is 3.92. The van der Waals surface area contributed by atoms with Crippen LogP contribution in [0.15, 0.2) is 24.3 Å². The number of hydrogen-bond acceptors (Lipinski definition) is 3. The molecule has 3 heteroatoms. The second kappa shape index (κ2) is 5.20. The molecule has 0 fully saturated rings. The predicted molar refractivity (Wildman–Crippen MR) is 59.3 cm³/mol. The standard InChI is InChI=1S/C12H14O3/c1-9(6-7-13)10-4-5-11(14-2)12(8-10)15-3/h4-8H,1-3H3/b9-6-. The maximum Gasteiger partial charge on any atom is 0.161 e. The van der Waals surface area contributed by atoms with Crippen LogP contribution in [0.25, 0.3) is 5.57 Å². The number of hydrogen-bond donors (Lipinski definition) is 0. The molecule has 0 aliphatic rings. The van der Waals surface area contributed by atoms with E-state index in [0.29, 0.717) is 11.5 Å². The van der Waals surface area contributed by atoms with Gasteiger partial charge in [-0.1, -0.05) is 6.07 Å². The van der Waals surface area contributed by atoms with Gasteiger partial charge >= 0.3 is 0 Å². The first-order valence-corrected chi connectivity index (χ1v) is 4.57. The highest BCUT2D eigenvalue weighted by molar-refractivity contribution is 5.81. The van der Waals surface area contributed by atoms with Crippen molar-refractivity contribution in [1.29, 1.82) is 0 Å². The number of ether oxygens (including phenoxy) is 2. The predicted octanol–water partition coefficient (Wildman–Crippen LogP) is 2.31. The van der Waals surface area contributed by atoms with Crippen LogP contribution in [0.5, 0.6) is 11.5 Å². The van der Waals surface area contributed by atoms with Gasteiger partial charge in [0.15, 0.2) is 11.5 Å². The summed E-state index contributed by atoms with van der Waals surface area (Å²) in [5, 5.41) is 0. The van der Waals surface area contributed by atoms with E-state index in [1.165, 1.54) is 6.08 Å². The van der Waals surface area contributed by atoms with Gasteiger partial charge in [0, 0.05) is 0 Å². The Hall–Kier alpha value is -1.77. The Morgan fingerprint density at radius 3 is 2.40 bits per heavy atom. The summed E-state index contributed by atoms with van der Waals surface area (Å²) >= 11 is 0. The SMILES string of the molecule is COc1ccc(/C(C)=C\C=O)cc1OC. The number of carbonyl (C=O) groups excluding carboxylic acids is 1. The molecule has 1 aromatic rings. The topological polar surface area (TPSA) is 35.5 Å². The van der Waals surface area contributed by atoms with Crippen LogP contribution in [-0.2, 0) is 4.79 Å². The Bertz CT molecular complexity index is 380. The largest absolute Gasteiger partial charge is 0.493 e. The van der Waals surface area contributed by atoms with Crippen molar-refractivity contribution in [3.8, 4) is 11.5 Å². The van der Waals surface area contributed by atoms with E-state index in [2.05, 4.69) is 0 Å². The second-order valence-corrected chi connectivity index (χ2v) is 3.06. The smallest absolute Gasteiger partial charge is 0.161 e. The van der Waals surface area contributed by atoms with Crippen LogP contribution in [0.4, 0.5) is 0 Å². The summed E-state index contributed by atoms with van der Waals surface area (Å²) in [6, 6.07) is 5.54. The Morgan fingerprint density at radius 1 is 1.20 bits per heavy atom. The molecule has 1 aromatic carbocycles. The first-order chi connectivity index (χ1) is 7.22. The molecule has 0 bridgehead atoms. The van der Waals surface area contributed by atoms with Crippen LogP contribution >= 0.6 is 0 Å². The number of methoxy groups -OCH3 is 2. The highest BCUT2D eigenvalue weighted by atomic mass is 16.5. The van der Waals surface area contributed by atoms with Crippen LogP contribution in [-0.4, -0.2) is 20.5 Å². The highest BCUT2D eigenvalue weighted by Crippen LogP contribution is 2.29. The molecule has 0 aromatic heterocycles. The molecule has 0 saturated carbocycles. The number of carbonyl (C=O) groups is 1. The third kappa shape index (κ3) is 2.59. The zero-order chi connectivity index (χ0) is 11.3. The summed E-state index contributed by atoms with van der Waals surface area (Å²) in [4.78, 5) is 10.3. The number of allylic oxidation sites excluding steroid dienone is 2. The van der Waals surface area contributed by atoms with Crippen molar-refractivity contribution in [2.45, 2.75) is 6.92 Å². The van der Waals surface area contributed by atoms with Gasteiger partial charge < -0.3 is 9.47 Å². The average molecular weight is 206 g/mol. The summed E-state index contributed by atoms with van der Waals surface area (Å²) < 4.78 is 10.3. The fraction of sp³-hybridized carbons (Fsp3) is 0.250. The second-order valence-electron chi connectivity index (χ2n) is 3.06. The van der Waals surface area contributed by atoms with E-state index in [0.717, 1.165) is 17.4 Å². The van der Waals surface area contributed by atoms with Crippen LogP contribution in [0.1, 0.15) is 12.5 Å². The van der Waals surface area contributed by atoms with E-state index in [-0.39, 0.29) is 0 Å². The van der Waals surface area contributed by atoms with E-state index in [4.69, 9.17) is 9.47 Å². The summed E-state index contributed by atoms with van der Waals surface area (Å²) in [6.45, 7) is 1.87. The molecule has 0 radical (unpaired) electrons. The van der Waals surface area contributed by atoms with Crippen molar-refractivity contribution >= 4 is 11.9 Å². The van der Waals surface area contributed by atoms with Crippen LogP contribution in [0.2, 0.25) is 0 Å². The summed E-state index contributed by atoms with van der Waals surface area (Å²) in [6.07, 6.45) is 2.29. The maximum atomic E-state index is 10.3. The van der Waals surface area contributed by atoms with Crippen molar-refractivity contribution in [2.75, 3.05) is 14.2 Å². The van der Waals surface area contributed by atoms with Gasteiger partial charge in [-0.25, -0.2) is 0 Å². The van der Waals surface area contributed by atoms with Gasteiger partial charge in [-0.05, 0) is 36.3 Å². The molecule has 0 saturated heterocycles. The number of rotatable bonds is 4. The fourth-order valence-corrected chi connectivity index (χ4v) is 1.28. The lowest BCUT2D eigenvalue weighted by atomic mass is 10.1. The van der Waals surface area contributed by atoms with Crippen LogP contribution < -0.4 is 9.47 Å². The van der Waals surface area contributed by atoms with E-state index in [1.807, 2.05) is 25.1 Å². The van der Waals surface area contributed by atoms with E-state index in [9.17, 15) is 4.79 Å². The number of benzene rings is 1. The van der Waals surface area contributed by atoms with Gasteiger partial charge in [0.05, 0.1) is 14.2 Å². The minimum Gasteiger partial charge on any atom is -0.493 e. The molecule has 0 amide bonds. The third-order valence-electron chi connectivity index (χ3n) is 2.16. The van der Waals surface area contributed by atoms with Gasteiger partial charge in [-0.2, -0.15) is 0 Å². The Morgan fingerprint density at radius 2 is 1.87 bits per heavy atom. The van der Waals surface area contributed by atoms with E-state index < -0.39 is 0 Å². The normalized spacial score (nSPS) is 11.0. The molecule has 0 aliphatic heterocycles. The van der Waals surface area contributed by atoms with Crippen LogP contribution in [0, 0.1) is 0 Å². The molecular weight excluding hydrogens is 192 g/mol. The molecule has 0 spiro atoms. The molecule has 1 rings (SSSR count). The lowest BCUT2D eigenvalue weighted by Crippen LogP contribution is -1.91. The molecule has 0 aliphatic carbocycles. The lowest BCUT2D eigenvalue weighted by Gasteiger charge is -2.09. The minimum absolute atomic E-state index is 0.661. The summed E-state index contributed by atoms with van der Waals surface area (Å²) in [7, 11) is 3.17. The molecule has 0 atom stereocenters. The fourth-order valence-electron chi connectivity index (χ4n) is 1.28. The zero-order valence-electron chi connectivity index (χ0n) is 9.11. The van der Waals surface area contributed by atoms with Gasteiger partial charge in [0.2, 0.25) is 0 Å². The van der Waals surface area contributed by atoms with Gasteiger partial charge in [0.1, 0.15) is 6.29 Å². The molecule has 80 valence electrons. The molecule has 0 unspecified atom stereocenters. The number of aldehydes is 1. The van der Waals surface area contributed by atoms with Crippen molar-refractivity contribution in [2.24, 2.45) is 0 Å². The van der Waals surface area contributed by atoms with Gasteiger partial charge in [0.25, 0.3) is 0 Å². The van der Waals surface area contributed by atoms with E-state index in [1.54, 1.807) is 14.2 Å². The summed E-state index contributed by atoms with van der Waals surface area (Å²) in [5.41, 5.74) is 1.84. The van der Waals surface area contributed by atoms with E-state index >= 15 is 0 Å². The van der Waals surface area contributed by atoms with Gasteiger partial charge in [-0.15, -0.1) is 0 Å². The van der Waals surface area contributed by atoms with Gasteiger partial charge in [-0.3, -0.25) is 4.79 Å². The molecule has 3 nitrogen and oxygen atoms in total.